The molecular formula is C20H26N4O2. The fourth-order valence-electron chi connectivity index (χ4n) is 2.83. The van der Waals surface area contributed by atoms with E-state index >= 15 is 0 Å². The first-order valence-electron chi connectivity index (χ1n) is 9.02. The molecule has 1 atom stereocenters. The van der Waals surface area contributed by atoms with E-state index in [0.717, 1.165) is 25.1 Å². The number of benzene rings is 1. The number of rotatable bonds is 5. The molecule has 0 bridgehead atoms. The fraction of sp³-hybridized carbons (Fsp3) is 0.450. The molecule has 0 saturated carbocycles. The van der Waals surface area contributed by atoms with Crippen molar-refractivity contribution in [2.45, 2.75) is 45.1 Å². The molecule has 26 heavy (non-hydrogen) atoms. The van der Waals surface area contributed by atoms with Crippen LogP contribution in [0.5, 0.6) is 0 Å². The largest absolute Gasteiger partial charge is 0.376 e. The Morgan fingerprint density at radius 2 is 2.00 bits per heavy atom. The van der Waals surface area contributed by atoms with Crippen molar-refractivity contribution in [2.24, 2.45) is 0 Å². The maximum Gasteiger partial charge on any atom is 0.274 e. The summed E-state index contributed by atoms with van der Waals surface area (Å²) in [6, 6.07) is 9.50. The maximum absolute atomic E-state index is 12.5. The predicted molar refractivity (Wildman–Crippen MR) is 103 cm³/mol. The topological polar surface area (TPSA) is 76.1 Å². The van der Waals surface area contributed by atoms with E-state index in [2.05, 4.69) is 41.4 Å². The summed E-state index contributed by atoms with van der Waals surface area (Å²) in [7, 11) is 0. The van der Waals surface area contributed by atoms with E-state index in [1.807, 2.05) is 24.3 Å². The van der Waals surface area contributed by atoms with Crippen molar-refractivity contribution in [3.8, 4) is 0 Å². The van der Waals surface area contributed by atoms with Gasteiger partial charge in [0.25, 0.3) is 5.91 Å². The van der Waals surface area contributed by atoms with Crippen LogP contribution in [0.4, 0.5) is 11.6 Å². The summed E-state index contributed by atoms with van der Waals surface area (Å²) in [6.45, 7) is 7.94. The zero-order valence-electron chi connectivity index (χ0n) is 15.6. The van der Waals surface area contributed by atoms with Gasteiger partial charge in [0.2, 0.25) is 5.95 Å². The molecule has 6 heteroatoms. The van der Waals surface area contributed by atoms with Crippen LogP contribution in [0.2, 0.25) is 0 Å². The average molecular weight is 354 g/mol. The zero-order valence-corrected chi connectivity index (χ0v) is 15.6. The smallest absolute Gasteiger partial charge is 0.274 e. The lowest BCUT2D eigenvalue weighted by Crippen LogP contribution is -2.21. The number of carbonyl (C=O) groups excluding carboxylic acids is 1. The molecule has 3 rings (SSSR count). The van der Waals surface area contributed by atoms with Crippen LogP contribution in [-0.2, 0) is 10.2 Å². The van der Waals surface area contributed by atoms with Crippen LogP contribution in [0.3, 0.4) is 0 Å². The second-order valence-corrected chi connectivity index (χ2v) is 7.56. The molecule has 138 valence electrons. The lowest BCUT2D eigenvalue weighted by Gasteiger charge is -2.19. The van der Waals surface area contributed by atoms with E-state index in [4.69, 9.17) is 4.74 Å². The molecule has 1 aromatic carbocycles. The molecule has 6 nitrogen and oxygen atoms in total. The summed E-state index contributed by atoms with van der Waals surface area (Å²) in [5.74, 6) is 0.187. The molecule has 1 amide bonds. The Labute approximate surface area is 154 Å². The maximum atomic E-state index is 12.5. The molecule has 0 aliphatic carbocycles. The van der Waals surface area contributed by atoms with E-state index in [1.165, 1.54) is 5.56 Å². The second-order valence-electron chi connectivity index (χ2n) is 7.56. The van der Waals surface area contributed by atoms with Crippen molar-refractivity contribution in [3.05, 3.63) is 47.8 Å². The summed E-state index contributed by atoms with van der Waals surface area (Å²) in [4.78, 5) is 20.9. The van der Waals surface area contributed by atoms with Crippen molar-refractivity contribution in [1.29, 1.82) is 0 Å². The number of carbonyl (C=O) groups is 1. The van der Waals surface area contributed by atoms with E-state index in [0.29, 0.717) is 18.2 Å². The van der Waals surface area contributed by atoms with Crippen LogP contribution in [0.1, 0.15) is 49.7 Å². The van der Waals surface area contributed by atoms with Gasteiger partial charge in [0.1, 0.15) is 5.69 Å². The van der Waals surface area contributed by atoms with Crippen LogP contribution in [0.25, 0.3) is 0 Å². The molecule has 0 spiro atoms. The molecule has 2 N–H and O–H groups in total. The lowest BCUT2D eigenvalue weighted by molar-refractivity contribution is 0.102. The van der Waals surface area contributed by atoms with Gasteiger partial charge in [-0.2, -0.15) is 0 Å². The number of hydrogen-bond acceptors (Lipinski definition) is 5. The number of aromatic nitrogens is 2. The molecule has 1 fully saturated rings. The Bertz CT molecular complexity index is 747. The Kier molecular flexibility index (Phi) is 5.52. The highest BCUT2D eigenvalue weighted by atomic mass is 16.5. The molecule has 1 aromatic heterocycles. The molecule has 2 heterocycles. The van der Waals surface area contributed by atoms with Gasteiger partial charge >= 0.3 is 0 Å². The SMILES string of the molecule is CC(C)(C)c1ccc(NC(=O)c2ccnc(NCC3CCCO3)n2)cc1. The fourth-order valence-corrected chi connectivity index (χ4v) is 2.83. The highest BCUT2D eigenvalue weighted by molar-refractivity contribution is 6.02. The van der Waals surface area contributed by atoms with Gasteiger partial charge in [-0.15, -0.1) is 0 Å². The molecule has 1 unspecified atom stereocenters. The lowest BCUT2D eigenvalue weighted by atomic mass is 9.87. The first-order valence-corrected chi connectivity index (χ1v) is 9.02. The van der Waals surface area contributed by atoms with Crippen molar-refractivity contribution in [2.75, 3.05) is 23.8 Å². The van der Waals surface area contributed by atoms with Gasteiger partial charge in [0, 0.05) is 25.0 Å². The Hall–Kier alpha value is -2.47. The number of nitrogens with one attached hydrogen (secondary N) is 2. The monoisotopic (exact) mass is 354 g/mol. The minimum atomic E-state index is -0.254. The standard InChI is InChI=1S/C20H26N4O2/c1-20(2,3)14-6-8-15(9-7-14)23-18(25)17-10-11-21-19(24-17)22-13-16-5-4-12-26-16/h6-11,16H,4-5,12-13H2,1-3H3,(H,23,25)(H,21,22,24). The van der Waals surface area contributed by atoms with E-state index in [1.54, 1.807) is 12.3 Å². The molecule has 1 aliphatic rings. The van der Waals surface area contributed by atoms with Gasteiger partial charge < -0.3 is 15.4 Å². The summed E-state index contributed by atoms with van der Waals surface area (Å²) in [5, 5.41) is 6.02. The minimum absolute atomic E-state index is 0.0821. The van der Waals surface area contributed by atoms with Crippen molar-refractivity contribution in [1.82, 2.24) is 9.97 Å². The van der Waals surface area contributed by atoms with Crippen molar-refractivity contribution < 1.29 is 9.53 Å². The predicted octanol–water partition coefficient (Wildman–Crippen LogP) is 3.62. The number of ether oxygens (including phenoxy) is 1. The van der Waals surface area contributed by atoms with Crippen LogP contribution in [0, 0.1) is 0 Å². The average Bonchev–Trinajstić information content (AvgIpc) is 3.13. The normalized spacial score (nSPS) is 17.1. The summed E-state index contributed by atoms with van der Waals surface area (Å²) in [6.07, 6.45) is 3.90. The summed E-state index contributed by atoms with van der Waals surface area (Å²) >= 11 is 0. The van der Waals surface area contributed by atoms with Crippen LogP contribution in [0.15, 0.2) is 36.5 Å². The third-order valence-corrected chi connectivity index (χ3v) is 4.41. The van der Waals surface area contributed by atoms with Crippen LogP contribution >= 0.6 is 0 Å². The first kappa shape index (κ1) is 18.3. The summed E-state index contributed by atoms with van der Waals surface area (Å²) in [5.41, 5.74) is 2.38. The van der Waals surface area contributed by atoms with Gasteiger partial charge in [0.05, 0.1) is 6.10 Å². The third-order valence-electron chi connectivity index (χ3n) is 4.41. The molecule has 1 saturated heterocycles. The van der Waals surface area contributed by atoms with Gasteiger partial charge in [-0.05, 0) is 42.0 Å². The third kappa shape index (κ3) is 4.79. The second kappa shape index (κ2) is 7.83. The Morgan fingerprint density at radius 1 is 1.23 bits per heavy atom. The van der Waals surface area contributed by atoms with E-state index in [9.17, 15) is 4.79 Å². The first-order chi connectivity index (χ1) is 12.4. The van der Waals surface area contributed by atoms with Gasteiger partial charge in [-0.25, -0.2) is 9.97 Å². The molecule has 2 aromatic rings. The van der Waals surface area contributed by atoms with Crippen molar-refractivity contribution >= 4 is 17.5 Å². The van der Waals surface area contributed by atoms with E-state index in [-0.39, 0.29) is 17.4 Å². The molecular weight excluding hydrogens is 328 g/mol. The molecule has 1 aliphatic heterocycles. The Morgan fingerprint density at radius 3 is 2.65 bits per heavy atom. The number of anilines is 2. The number of amides is 1. The van der Waals surface area contributed by atoms with Gasteiger partial charge in [0.15, 0.2) is 0 Å². The van der Waals surface area contributed by atoms with Gasteiger partial charge in [-0.3, -0.25) is 4.79 Å². The van der Waals surface area contributed by atoms with E-state index < -0.39 is 0 Å². The number of nitrogens with zero attached hydrogens (tertiary/aromatic N) is 2. The van der Waals surface area contributed by atoms with Crippen LogP contribution in [-0.4, -0.2) is 35.1 Å². The highest BCUT2D eigenvalue weighted by Crippen LogP contribution is 2.23. The van der Waals surface area contributed by atoms with Crippen LogP contribution < -0.4 is 10.6 Å². The zero-order chi connectivity index (χ0) is 18.6. The van der Waals surface area contributed by atoms with Gasteiger partial charge in [-0.1, -0.05) is 32.9 Å². The quantitative estimate of drug-likeness (QED) is 0.858. The van der Waals surface area contributed by atoms with Crippen molar-refractivity contribution in [3.63, 3.8) is 0 Å². The molecule has 0 radical (unpaired) electrons. The Balaban J connectivity index is 1.61. The highest BCUT2D eigenvalue weighted by Gasteiger charge is 2.16. The summed E-state index contributed by atoms with van der Waals surface area (Å²) < 4.78 is 5.57. The minimum Gasteiger partial charge on any atom is -0.376 e. The number of hydrogen-bond donors (Lipinski definition) is 2.